The molecule has 138 valence electrons. The van der Waals surface area contributed by atoms with E-state index in [9.17, 15) is 19.8 Å². The number of benzene rings is 1. The molecule has 2 atom stereocenters. The van der Waals surface area contributed by atoms with Gasteiger partial charge in [-0.1, -0.05) is 63.3 Å². The molecule has 5 heteroatoms. The van der Waals surface area contributed by atoms with Gasteiger partial charge in [0.1, 0.15) is 6.04 Å². The molecule has 5 nitrogen and oxygen atoms in total. The molecule has 0 aliphatic carbocycles. The number of carboxylic acid groups (broad SMARTS) is 1. The van der Waals surface area contributed by atoms with Crippen LogP contribution in [-0.4, -0.2) is 45.7 Å². The van der Waals surface area contributed by atoms with Gasteiger partial charge < -0.3 is 10.2 Å². The molecule has 0 spiro atoms. The van der Waals surface area contributed by atoms with Crippen molar-refractivity contribution in [2.45, 2.75) is 70.4 Å². The Labute approximate surface area is 149 Å². The van der Waals surface area contributed by atoms with E-state index in [0.717, 1.165) is 17.7 Å². The molecule has 1 aliphatic heterocycles. The lowest BCUT2D eigenvalue weighted by Crippen LogP contribution is -2.39. The molecule has 1 saturated heterocycles. The highest BCUT2D eigenvalue weighted by molar-refractivity contribution is 6.01. The molecule has 0 bridgehead atoms. The number of carbonyl (C=O) groups is 2. The molecule has 0 saturated carbocycles. The van der Waals surface area contributed by atoms with Crippen molar-refractivity contribution in [2.75, 3.05) is 6.54 Å². The molecule has 2 rings (SSSR count). The third-order valence-corrected chi connectivity index (χ3v) is 4.88. The van der Waals surface area contributed by atoms with Crippen molar-refractivity contribution in [1.29, 1.82) is 0 Å². The second kappa shape index (κ2) is 9.56. The van der Waals surface area contributed by atoms with Gasteiger partial charge in [0, 0.05) is 12.0 Å². The summed E-state index contributed by atoms with van der Waals surface area (Å²) in [5.41, 5.74) is 1.71. The zero-order chi connectivity index (χ0) is 18.2. The van der Waals surface area contributed by atoms with Gasteiger partial charge in [-0.2, -0.15) is 0 Å². The lowest BCUT2D eigenvalue weighted by Gasteiger charge is -2.19. The molecule has 0 radical (unpaired) electrons. The van der Waals surface area contributed by atoms with E-state index in [1.54, 1.807) is 12.1 Å². The van der Waals surface area contributed by atoms with Gasteiger partial charge in [0.25, 0.3) is 0 Å². The highest BCUT2D eigenvalue weighted by atomic mass is 16.4. The molecule has 2 N–H and O–H groups in total. The number of ketones is 1. The number of Topliss-reactive ketones (excluding diaryl/α,β-unsaturated/α-hetero) is 1. The summed E-state index contributed by atoms with van der Waals surface area (Å²) in [6, 6.07) is 6.68. The summed E-state index contributed by atoms with van der Waals surface area (Å²) in [6.45, 7) is 2.21. The first kappa shape index (κ1) is 19.4. The minimum Gasteiger partial charge on any atom is -0.465 e. The van der Waals surface area contributed by atoms with Crippen LogP contribution in [0.15, 0.2) is 24.3 Å². The van der Waals surface area contributed by atoms with Crippen LogP contribution in [0, 0.1) is 0 Å². The van der Waals surface area contributed by atoms with E-state index >= 15 is 0 Å². The Morgan fingerprint density at radius 1 is 1.08 bits per heavy atom. The minimum absolute atomic E-state index is 0.00184. The summed E-state index contributed by atoms with van der Waals surface area (Å²) in [5.74, 6) is -0.231. The fourth-order valence-electron chi connectivity index (χ4n) is 3.41. The molecule has 1 aliphatic rings. The highest BCUT2D eigenvalue weighted by Crippen LogP contribution is 2.22. The van der Waals surface area contributed by atoms with Crippen molar-refractivity contribution in [3.05, 3.63) is 35.4 Å². The summed E-state index contributed by atoms with van der Waals surface area (Å²) >= 11 is 0. The van der Waals surface area contributed by atoms with Crippen LogP contribution in [0.4, 0.5) is 4.79 Å². The fourth-order valence-corrected chi connectivity index (χ4v) is 3.41. The molecular formula is C20H29NO4. The lowest BCUT2D eigenvalue weighted by molar-refractivity contribution is 0.0844. The largest absolute Gasteiger partial charge is 0.465 e. The monoisotopic (exact) mass is 347 g/mol. The number of amides is 1. The number of β-amino-alcohol motifs (C(OH)–C–C–N with tert-alkyl or cyclic N) is 1. The first-order valence-corrected chi connectivity index (χ1v) is 9.33. The molecule has 0 unspecified atom stereocenters. The van der Waals surface area contributed by atoms with E-state index < -0.39 is 18.2 Å². The number of aliphatic hydroxyl groups excluding tert-OH is 1. The molecule has 1 aromatic carbocycles. The number of aryl methyl sites for hydroxylation is 1. The maximum Gasteiger partial charge on any atom is 0.408 e. The van der Waals surface area contributed by atoms with Crippen molar-refractivity contribution in [1.82, 2.24) is 4.90 Å². The van der Waals surface area contributed by atoms with Gasteiger partial charge in [-0.25, -0.2) is 4.79 Å². The Hall–Kier alpha value is -1.88. The SMILES string of the molecule is CCCCCCCCc1ccc(C(=O)[C@@H]2C[C@@H](O)CN2C(=O)O)cc1. The Balaban J connectivity index is 1.86. The normalized spacial score (nSPS) is 20.0. The molecule has 0 aromatic heterocycles. The van der Waals surface area contributed by atoms with Crippen LogP contribution in [0.3, 0.4) is 0 Å². The first-order chi connectivity index (χ1) is 12.0. The first-order valence-electron chi connectivity index (χ1n) is 9.33. The average Bonchev–Trinajstić information content (AvgIpc) is 3.00. The van der Waals surface area contributed by atoms with Crippen molar-refractivity contribution >= 4 is 11.9 Å². The standard InChI is InChI=1S/C20H29NO4/c1-2-3-4-5-6-7-8-15-9-11-16(12-10-15)19(23)18-13-17(22)14-21(18)20(24)25/h9-12,17-18,22H,2-8,13-14H2,1H3,(H,24,25)/t17-,18+/m1/s1. The number of nitrogens with zero attached hydrogens (tertiary/aromatic N) is 1. The molecule has 1 fully saturated rings. The van der Waals surface area contributed by atoms with Crippen LogP contribution >= 0.6 is 0 Å². The number of carbonyl (C=O) groups excluding carboxylic acids is 1. The second-order valence-corrected chi connectivity index (χ2v) is 6.92. The van der Waals surface area contributed by atoms with Crippen LogP contribution in [0.1, 0.15) is 67.8 Å². The summed E-state index contributed by atoms with van der Waals surface area (Å²) < 4.78 is 0. The van der Waals surface area contributed by atoms with E-state index in [4.69, 9.17) is 0 Å². The van der Waals surface area contributed by atoms with Gasteiger partial charge in [0.2, 0.25) is 0 Å². The molecule has 1 amide bonds. The smallest absolute Gasteiger partial charge is 0.408 e. The number of hydrogen-bond donors (Lipinski definition) is 2. The van der Waals surface area contributed by atoms with Crippen LogP contribution < -0.4 is 0 Å². The summed E-state index contributed by atoms with van der Waals surface area (Å²) in [5, 5.41) is 18.9. The minimum atomic E-state index is -1.16. The van der Waals surface area contributed by atoms with Gasteiger partial charge in [-0.05, 0) is 18.4 Å². The van der Waals surface area contributed by atoms with E-state index in [-0.39, 0.29) is 18.7 Å². The van der Waals surface area contributed by atoms with E-state index in [1.165, 1.54) is 37.7 Å². The van der Waals surface area contributed by atoms with E-state index in [1.807, 2.05) is 12.1 Å². The van der Waals surface area contributed by atoms with Gasteiger partial charge in [-0.3, -0.25) is 9.69 Å². The van der Waals surface area contributed by atoms with Crippen LogP contribution in [0.5, 0.6) is 0 Å². The summed E-state index contributed by atoms with van der Waals surface area (Å²) in [6.07, 6.45) is 6.77. The third kappa shape index (κ3) is 5.56. The molecule has 1 aromatic rings. The van der Waals surface area contributed by atoms with Crippen molar-refractivity contribution in [3.8, 4) is 0 Å². The van der Waals surface area contributed by atoms with E-state index in [0.29, 0.717) is 5.56 Å². The Morgan fingerprint density at radius 3 is 2.36 bits per heavy atom. The number of rotatable bonds is 9. The van der Waals surface area contributed by atoms with Gasteiger partial charge in [-0.15, -0.1) is 0 Å². The quantitative estimate of drug-likeness (QED) is 0.525. The Kier molecular flexibility index (Phi) is 7.44. The highest BCUT2D eigenvalue weighted by Gasteiger charge is 2.39. The van der Waals surface area contributed by atoms with E-state index in [2.05, 4.69) is 6.92 Å². The van der Waals surface area contributed by atoms with Crippen molar-refractivity contribution < 1.29 is 19.8 Å². The Morgan fingerprint density at radius 2 is 1.72 bits per heavy atom. The van der Waals surface area contributed by atoms with Gasteiger partial charge >= 0.3 is 6.09 Å². The molecule has 25 heavy (non-hydrogen) atoms. The number of likely N-dealkylation sites (tertiary alicyclic amines) is 1. The van der Waals surface area contributed by atoms with Crippen LogP contribution in [0.25, 0.3) is 0 Å². The zero-order valence-corrected chi connectivity index (χ0v) is 15.0. The zero-order valence-electron chi connectivity index (χ0n) is 15.0. The predicted octanol–water partition coefficient (Wildman–Crippen LogP) is 3.89. The number of hydrogen-bond acceptors (Lipinski definition) is 3. The van der Waals surface area contributed by atoms with Gasteiger partial charge in [0.05, 0.1) is 12.6 Å². The van der Waals surface area contributed by atoms with Crippen molar-refractivity contribution in [2.24, 2.45) is 0 Å². The van der Waals surface area contributed by atoms with Crippen LogP contribution in [-0.2, 0) is 6.42 Å². The number of aliphatic hydroxyl groups is 1. The molecule has 1 heterocycles. The van der Waals surface area contributed by atoms with Crippen molar-refractivity contribution in [3.63, 3.8) is 0 Å². The van der Waals surface area contributed by atoms with Crippen LogP contribution in [0.2, 0.25) is 0 Å². The lowest BCUT2D eigenvalue weighted by atomic mass is 9.99. The number of unbranched alkanes of at least 4 members (excludes halogenated alkanes) is 5. The predicted molar refractivity (Wildman–Crippen MR) is 97.0 cm³/mol. The third-order valence-electron chi connectivity index (χ3n) is 4.88. The Bertz CT molecular complexity index is 570. The fraction of sp³-hybridized carbons (Fsp3) is 0.600. The summed E-state index contributed by atoms with van der Waals surface area (Å²) in [4.78, 5) is 24.8. The average molecular weight is 347 g/mol. The molecular weight excluding hydrogens is 318 g/mol. The second-order valence-electron chi connectivity index (χ2n) is 6.92. The topological polar surface area (TPSA) is 77.8 Å². The maximum absolute atomic E-state index is 12.6. The maximum atomic E-state index is 12.6. The van der Waals surface area contributed by atoms with Gasteiger partial charge in [0.15, 0.2) is 5.78 Å². The summed E-state index contributed by atoms with van der Waals surface area (Å²) in [7, 11) is 0.